The van der Waals surface area contributed by atoms with Crippen molar-refractivity contribution in [2.24, 2.45) is 0 Å². The lowest BCUT2D eigenvalue weighted by atomic mass is 10.2. The van der Waals surface area contributed by atoms with Gasteiger partial charge in [-0.2, -0.15) is 0 Å². The zero-order chi connectivity index (χ0) is 12.6. The average molecular weight is 235 g/mol. The predicted octanol–water partition coefficient (Wildman–Crippen LogP) is 0.348. The number of aryl methyl sites for hydroxylation is 1. The standard InChI is InChI=1S/C11H9NO5/c1-6-2-3-7-8(4-6)17-11(16)12(10(7)15)5-9(13)14/h2-4H,5H2,1H3,(H,13,14). The van der Waals surface area contributed by atoms with Gasteiger partial charge >= 0.3 is 11.7 Å². The molecule has 2 aromatic rings. The lowest BCUT2D eigenvalue weighted by Crippen LogP contribution is -2.35. The maximum absolute atomic E-state index is 11.8. The van der Waals surface area contributed by atoms with Crippen LogP contribution in [0.5, 0.6) is 0 Å². The molecular formula is C11H9NO5. The van der Waals surface area contributed by atoms with E-state index in [4.69, 9.17) is 9.52 Å². The molecule has 0 amide bonds. The third-order valence-electron chi connectivity index (χ3n) is 2.32. The minimum Gasteiger partial charge on any atom is -0.480 e. The maximum Gasteiger partial charge on any atom is 0.422 e. The fraction of sp³-hybridized carbons (Fsp3) is 0.182. The van der Waals surface area contributed by atoms with Crippen LogP contribution < -0.4 is 11.3 Å². The van der Waals surface area contributed by atoms with Gasteiger partial charge in [0, 0.05) is 0 Å². The van der Waals surface area contributed by atoms with Crippen LogP contribution in [-0.4, -0.2) is 15.6 Å². The van der Waals surface area contributed by atoms with Crippen LogP contribution in [0.3, 0.4) is 0 Å². The van der Waals surface area contributed by atoms with E-state index in [1.165, 1.54) is 6.07 Å². The van der Waals surface area contributed by atoms with E-state index < -0.39 is 23.8 Å². The Labute approximate surface area is 94.7 Å². The van der Waals surface area contributed by atoms with Gasteiger partial charge in [0.15, 0.2) is 0 Å². The van der Waals surface area contributed by atoms with Crippen molar-refractivity contribution in [1.29, 1.82) is 0 Å². The van der Waals surface area contributed by atoms with Crippen molar-refractivity contribution in [2.75, 3.05) is 0 Å². The second-order valence-corrected chi connectivity index (χ2v) is 3.65. The number of carboxylic acid groups (broad SMARTS) is 1. The van der Waals surface area contributed by atoms with E-state index in [1.54, 1.807) is 19.1 Å². The Balaban J connectivity index is 2.81. The summed E-state index contributed by atoms with van der Waals surface area (Å²) in [5.74, 6) is -2.23. The first-order valence-corrected chi connectivity index (χ1v) is 4.85. The lowest BCUT2D eigenvalue weighted by Gasteiger charge is -2.02. The fourth-order valence-electron chi connectivity index (χ4n) is 1.54. The molecule has 17 heavy (non-hydrogen) atoms. The number of fused-ring (bicyclic) bond motifs is 1. The predicted molar refractivity (Wildman–Crippen MR) is 59.1 cm³/mol. The second kappa shape index (κ2) is 3.89. The van der Waals surface area contributed by atoms with Crippen molar-refractivity contribution in [3.8, 4) is 0 Å². The SMILES string of the molecule is Cc1ccc2c(=O)n(CC(=O)O)c(=O)oc2c1. The Morgan fingerprint density at radius 1 is 1.41 bits per heavy atom. The van der Waals surface area contributed by atoms with Crippen molar-refractivity contribution in [3.05, 3.63) is 44.7 Å². The van der Waals surface area contributed by atoms with Crippen LogP contribution in [0.2, 0.25) is 0 Å². The molecule has 0 aliphatic heterocycles. The van der Waals surface area contributed by atoms with E-state index in [0.29, 0.717) is 4.57 Å². The smallest absolute Gasteiger partial charge is 0.422 e. The molecule has 1 aromatic carbocycles. The highest BCUT2D eigenvalue weighted by molar-refractivity contribution is 5.76. The van der Waals surface area contributed by atoms with E-state index >= 15 is 0 Å². The summed E-state index contributed by atoms with van der Waals surface area (Å²) < 4.78 is 5.45. The first kappa shape index (κ1) is 11.1. The molecular weight excluding hydrogens is 226 g/mol. The second-order valence-electron chi connectivity index (χ2n) is 3.65. The highest BCUT2D eigenvalue weighted by atomic mass is 16.4. The van der Waals surface area contributed by atoms with Crippen LogP contribution in [0.4, 0.5) is 0 Å². The van der Waals surface area contributed by atoms with E-state index in [2.05, 4.69) is 0 Å². The van der Waals surface area contributed by atoms with E-state index in [0.717, 1.165) is 5.56 Å². The average Bonchev–Trinajstić information content (AvgIpc) is 2.23. The third-order valence-corrected chi connectivity index (χ3v) is 2.32. The largest absolute Gasteiger partial charge is 0.480 e. The summed E-state index contributed by atoms with van der Waals surface area (Å²) >= 11 is 0. The normalized spacial score (nSPS) is 10.6. The van der Waals surface area contributed by atoms with Gasteiger partial charge in [0.1, 0.15) is 12.1 Å². The zero-order valence-corrected chi connectivity index (χ0v) is 8.97. The van der Waals surface area contributed by atoms with E-state index in [9.17, 15) is 14.4 Å². The number of hydrogen-bond donors (Lipinski definition) is 1. The van der Waals surface area contributed by atoms with Crippen molar-refractivity contribution in [1.82, 2.24) is 4.57 Å². The van der Waals surface area contributed by atoms with Crippen LogP contribution in [0.25, 0.3) is 11.0 Å². The third kappa shape index (κ3) is 1.96. The molecule has 1 N–H and O–H groups in total. The van der Waals surface area contributed by atoms with Gasteiger partial charge in [0.25, 0.3) is 5.56 Å². The molecule has 88 valence electrons. The van der Waals surface area contributed by atoms with Crippen LogP contribution in [0.15, 0.2) is 32.2 Å². The summed E-state index contributed by atoms with van der Waals surface area (Å²) in [4.78, 5) is 33.8. The molecule has 0 saturated heterocycles. The summed E-state index contributed by atoms with van der Waals surface area (Å²) in [7, 11) is 0. The number of aromatic nitrogens is 1. The lowest BCUT2D eigenvalue weighted by molar-refractivity contribution is -0.137. The van der Waals surface area contributed by atoms with Gasteiger partial charge in [0.2, 0.25) is 0 Å². The van der Waals surface area contributed by atoms with E-state index in [1.807, 2.05) is 0 Å². The number of rotatable bonds is 2. The van der Waals surface area contributed by atoms with Crippen molar-refractivity contribution in [2.45, 2.75) is 13.5 Å². The van der Waals surface area contributed by atoms with Gasteiger partial charge < -0.3 is 9.52 Å². The Morgan fingerprint density at radius 3 is 2.76 bits per heavy atom. The molecule has 0 saturated carbocycles. The van der Waals surface area contributed by atoms with Crippen molar-refractivity contribution < 1.29 is 14.3 Å². The highest BCUT2D eigenvalue weighted by Crippen LogP contribution is 2.09. The summed E-state index contributed by atoms with van der Waals surface area (Å²) in [5, 5.41) is 8.78. The molecule has 6 nitrogen and oxygen atoms in total. The number of carbonyl (C=O) groups is 1. The van der Waals surface area contributed by atoms with Crippen LogP contribution in [0.1, 0.15) is 5.56 Å². The van der Waals surface area contributed by atoms with Crippen molar-refractivity contribution in [3.63, 3.8) is 0 Å². The van der Waals surface area contributed by atoms with Crippen molar-refractivity contribution >= 4 is 16.9 Å². The van der Waals surface area contributed by atoms with Crippen LogP contribution in [-0.2, 0) is 11.3 Å². The first-order valence-electron chi connectivity index (χ1n) is 4.85. The van der Waals surface area contributed by atoms with Gasteiger partial charge in [0.05, 0.1) is 5.39 Å². The minimum absolute atomic E-state index is 0.168. The molecule has 2 rings (SSSR count). The molecule has 0 bridgehead atoms. The maximum atomic E-state index is 11.8. The Bertz CT molecular complexity index is 710. The highest BCUT2D eigenvalue weighted by Gasteiger charge is 2.11. The summed E-state index contributed by atoms with van der Waals surface area (Å²) in [6, 6.07) is 4.76. The molecule has 1 heterocycles. The summed E-state index contributed by atoms with van der Waals surface area (Å²) in [6.45, 7) is 1.09. The zero-order valence-electron chi connectivity index (χ0n) is 8.97. The van der Waals surface area contributed by atoms with Gasteiger partial charge in [-0.1, -0.05) is 6.07 Å². The number of nitrogens with zero attached hydrogens (tertiary/aromatic N) is 1. The molecule has 0 unspecified atom stereocenters. The number of aliphatic carboxylic acids is 1. The summed E-state index contributed by atoms with van der Waals surface area (Å²) in [5.41, 5.74) is 0.358. The van der Waals surface area contributed by atoms with Crippen LogP contribution >= 0.6 is 0 Å². The van der Waals surface area contributed by atoms with Gasteiger partial charge in [-0.05, 0) is 24.6 Å². The number of benzene rings is 1. The topological polar surface area (TPSA) is 89.5 Å². The molecule has 0 radical (unpaired) electrons. The molecule has 0 fully saturated rings. The fourth-order valence-corrected chi connectivity index (χ4v) is 1.54. The number of carboxylic acids is 1. The quantitative estimate of drug-likeness (QED) is 0.811. The Morgan fingerprint density at radius 2 is 2.12 bits per heavy atom. The molecule has 0 atom stereocenters. The molecule has 0 aliphatic carbocycles. The number of hydrogen-bond acceptors (Lipinski definition) is 4. The van der Waals surface area contributed by atoms with Gasteiger partial charge in [-0.3, -0.25) is 9.59 Å². The Kier molecular flexibility index (Phi) is 2.55. The summed E-state index contributed by atoms with van der Waals surface area (Å²) in [6.07, 6.45) is 0. The van der Waals surface area contributed by atoms with Gasteiger partial charge in [-0.25, -0.2) is 9.36 Å². The first-order chi connectivity index (χ1) is 7.99. The van der Waals surface area contributed by atoms with Gasteiger partial charge in [-0.15, -0.1) is 0 Å². The minimum atomic E-state index is -1.27. The van der Waals surface area contributed by atoms with E-state index in [-0.39, 0.29) is 11.0 Å². The molecule has 0 aliphatic rings. The van der Waals surface area contributed by atoms with Crippen LogP contribution in [0, 0.1) is 6.92 Å². The molecule has 0 spiro atoms. The monoisotopic (exact) mass is 235 g/mol. The molecule has 1 aromatic heterocycles. The molecule has 6 heteroatoms. The Hall–Kier alpha value is -2.37.